The minimum absolute atomic E-state index is 0.0342. The number of ketones is 1. The van der Waals surface area contributed by atoms with Gasteiger partial charge in [-0.1, -0.05) is 24.3 Å². The van der Waals surface area contributed by atoms with Gasteiger partial charge >= 0.3 is 0 Å². The standard InChI is InChI=1S/C21H15N3O3S/c25-19(14-8-10-17(11-9-14)24(26)27)13-22-16-5-3-4-15(12-16)21-23-18-6-1-2-7-20(18)28-21/h1-12,22H,13H2. The Morgan fingerprint density at radius 2 is 1.82 bits per heavy atom. The molecule has 7 heteroatoms. The Kier molecular flexibility index (Phi) is 4.82. The van der Waals surface area contributed by atoms with Gasteiger partial charge in [0.2, 0.25) is 0 Å². The molecule has 1 aromatic heterocycles. The molecule has 3 aromatic carbocycles. The van der Waals surface area contributed by atoms with Gasteiger partial charge < -0.3 is 5.32 Å². The quantitative estimate of drug-likeness (QED) is 0.279. The van der Waals surface area contributed by atoms with Crippen LogP contribution in [-0.2, 0) is 0 Å². The number of fused-ring (bicyclic) bond motifs is 1. The molecule has 0 aliphatic rings. The van der Waals surface area contributed by atoms with Crippen molar-refractivity contribution in [1.29, 1.82) is 0 Å². The normalized spacial score (nSPS) is 10.7. The van der Waals surface area contributed by atoms with Crippen molar-refractivity contribution in [3.8, 4) is 10.6 Å². The second kappa shape index (κ2) is 7.58. The Bertz CT molecular complexity index is 1140. The molecule has 0 spiro atoms. The fraction of sp³-hybridized carbons (Fsp3) is 0.0476. The second-order valence-electron chi connectivity index (χ2n) is 6.15. The number of hydrogen-bond acceptors (Lipinski definition) is 6. The van der Waals surface area contributed by atoms with E-state index in [1.54, 1.807) is 11.3 Å². The molecule has 0 atom stereocenters. The summed E-state index contributed by atoms with van der Waals surface area (Å²) >= 11 is 1.62. The van der Waals surface area contributed by atoms with Gasteiger partial charge in [0.25, 0.3) is 5.69 Å². The molecule has 0 saturated heterocycles. The number of aromatic nitrogens is 1. The molecule has 0 fully saturated rings. The fourth-order valence-electron chi connectivity index (χ4n) is 2.81. The van der Waals surface area contributed by atoms with Gasteiger partial charge in [0.1, 0.15) is 5.01 Å². The van der Waals surface area contributed by atoms with Crippen molar-refractivity contribution in [2.45, 2.75) is 0 Å². The molecule has 0 unspecified atom stereocenters. The van der Waals surface area contributed by atoms with Gasteiger partial charge in [0.05, 0.1) is 21.7 Å². The van der Waals surface area contributed by atoms with Gasteiger partial charge in [-0.25, -0.2) is 4.98 Å². The van der Waals surface area contributed by atoms with Crippen molar-refractivity contribution in [2.75, 3.05) is 11.9 Å². The Hall–Kier alpha value is -3.58. The number of para-hydroxylation sites is 1. The lowest BCUT2D eigenvalue weighted by atomic mass is 10.1. The van der Waals surface area contributed by atoms with Gasteiger partial charge in [-0.15, -0.1) is 11.3 Å². The first-order valence-corrected chi connectivity index (χ1v) is 9.39. The number of non-ortho nitro benzene ring substituents is 1. The highest BCUT2D eigenvalue weighted by Gasteiger charge is 2.10. The van der Waals surface area contributed by atoms with E-state index < -0.39 is 4.92 Å². The van der Waals surface area contributed by atoms with E-state index in [0.717, 1.165) is 26.5 Å². The summed E-state index contributed by atoms with van der Waals surface area (Å²) in [5, 5.41) is 14.7. The minimum atomic E-state index is -0.486. The van der Waals surface area contributed by atoms with Crippen molar-refractivity contribution in [2.24, 2.45) is 0 Å². The van der Waals surface area contributed by atoms with E-state index in [1.807, 2.05) is 48.5 Å². The number of nitrogens with zero attached hydrogens (tertiary/aromatic N) is 2. The lowest BCUT2D eigenvalue weighted by molar-refractivity contribution is -0.384. The van der Waals surface area contributed by atoms with Crippen LogP contribution < -0.4 is 5.32 Å². The summed E-state index contributed by atoms with van der Waals surface area (Å²) in [6.07, 6.45) is 0. The van der Waals surface area contributed by atoms with Crippen LogP contribution in [0.25, 0.3) is 20.8 Å². The van der Waals surface area contributed by atoms with Crippen molar-refractivity contribution in [3.05, 3.63) is 88.5 Å². The summed E-state index contributed by atoms with van der Waals surface area (Å²) in [4.78, 5) is 27.2. The molecule has 138 valence electrons. The highest BCUT2D eigenvalue weighted by molar-refractivity contribution is 7.21. The van der Waals surface area contributed by atoms with Gasteiger partial charge in [-0.05, 0) is 36.4 Å². The predicted octanol–water partition coefficient (Wildman–Crippen LogP) is 5.17. The van der Waals surface area contributed by atoms with E-state index in [2.05, 4.69) is 10.3 Å². The molecule has 4 rings (SSSR count). The van der Waals surface area contributed by atoms with Crippen LogP contribution in [0.15, 0.2) is 72.8 Å². The zero-order valence-electron chi connectivity index (χ0n) is 14.7. The fourth-order valence-corrected chi connectivity index (χ4v) is 3.77. The molecule has 0 aliphatic heterocycles. The first kappa shape index (κ1) is 17.8. The summed E-state index contributed by atoms with van der Waals surface area (Å²) in [7, 11) is 0. The molecule has 0 saturated carbocycles. The largest absolute Gasteiger partial charge is 0.378 e. The smallest absolute Gasteiger partial charge is 0.269 e. The van der Waals surface area contributed by atoms with E-state index in [4.69, 9.17) is 0 Å². The van der Waals surface area contributed by atoms with Crippen molar-refractivity contribution in [1.82, 2.24) is 4.98 Å². The van der Waals surface area contributed by atoms with Crippen LogP contribution in [0.3, 0.4) is 0 Å². The number of anilines is 1. The lowest BCUT2D eigenvalue weighted by Crippen LogP contribution is -2.13. The molecule has 0 radical (unpaired) electrons. The number of benzene rings is 3. The maximum Gasteiger partial charge on any atom is 0.269 e. The van der Waals surface area contributed by atoms with Crippen molar-refractivity contribution >= 4 is 38.7 Å². The third kappa shape index (κ3) is 3.74. The third-order valence-electron chi connectivity index (χ3n) is 4.26. The summed E-state index contributed by atoms with van der Waals surface area (Å²) in [5.74, 6) is -0.139. The van der Waals surface area contributed by atoms with Crippen LogP contribution in [0.4, 0.5) is 11.4 Å². The van der Waals surface area contributed by atoms with Crippen LogP contribution in [0.2, 0.25) is 0 Å². The zero-order valence-corrected chi connectivity index (χ0v) is 15.5. The van der Waals surface area contributed by atoms with Crippen molar-refractivity contribution < 1.29 is 9.72 Å². The number of carbonyl (C=O) groups is 1. The molecular weight excluding hydrogens is 374 g/mol. The monoisotopic (exact) mass is 389 g/mol. The number of hydrogen-bond donors (Lipinski definition) is 1. The van der Waals surface area contributed by atoms with Gasteiger partial charge in [-0.2, -0.15) is 0 Å². The Balaban J connectivity index is 1.47. The van der Waals surface area contributed by atoms with E-state index in [-0.39, 0.29) is 18.0 Å². The molecular formula is C21H15N3O3S. The maximum atomic E-state index is 12.3. The van der Waals surface area contributed by atoms with Gasteiger partial charge in [0, 0.05) is 28.9 Å². The molecule has 28 heavy (non-hydrogen) atoms. The topological polar surface area (TPSA) is 85.1 Å². The molecule has 0 bridgehead atoms. The van der Waals surface area contributed by atoms with Crippen LogP contribution in [0, 0.1) is 10.1 Å². The average Bonchev–Trinajstić information content (AvgIpc) is 3.17. The maximum absolute atomic E-state index is 12.3. The summed E-state index contributed by atoms with van der Waals surface area (Å²) in [5.41, 5.74) is 3.16. The summed E-state index contributed by atoms with van der Waals surface area (Å²) < 4.78 is 1.13. The van der Waals surface area contributed by atoms with E-state index in [9.17, 15) is 14.9 Å². The van der Waals surface area contributed by atoms with Crippen LogP contribution in [0.5, 0.6) is 0 Å². The number of nitro groups is 1. The van der Waals surface area contributed by atoms with Gasteiger partial charge in [-0.3, -0.25) is 14.9 Å². The highest BCUT2D eigenvalue weighted by Crippen LogP contribution is 2.31. The number of nitrogens with one attached hydrogen (secondary N) is 1. The zero-order chi connectivity index (χ0) is 19.5. The molecule has 6 nitrogen and oxygen atoms in total. The SMILES string of the molecule is O=C(CNc1cccc(-c2nc3ccccc3s2)c1)c1ccc([N+](=O)[O-])cc1. The van der Waals surface area contributed by atoms with E-state index in [0.29, 0.717) is 5.56 Å². The Labute approximate surface area is 164 Å². The molecule has 0 aliphatic carbocycles. The summed E-state index contributed by atoms with van der Waals surface area (Å²) in [6, 6.07) is 21.4. The minimum Gasteiger partial charge on any atom is -0.378 e. The molecule has 1 N–H and O–H groups in total. The van der Waals surface area contributed by atoms with Crippen LogP contribution in [0.1, 0.15) is 10.4 Å². The first-order valence-electron chi connectivity index (χ1n) is 8.58. The summed E-state index contributed by atoms with van der Waals surface area (Å²) in [6.45, 7) is 0.0983. The highest BCUT2D eigenvalue weighted by atomic mass is 32.1. The number of nitro benzene ring substituents is 1. The molecule has 0 amide bonds. The number of thiazole rings is 1. The predicted molar refractivity (Wildman–Crippen MR) is 111 cm³/mol. The van der Waals surface area contributed by atoms with Gasteiger partial charge in [0.15, 0.2) is 5.78 Å². The Morgan fingerprint density at radius 1 is 1.04 bits per heavy atom. The van der Waals surface area contributed by atoms with Crippen LogP contribution >= 0.6 is 11.3 Å². The van der Waals surface area contributed by atoms with E-state index in [1.165, 1.54) is 24.3 Å². The van der Waals surface area contributed by atoms with E-state index >= 15 is 0 Å². The van der Waals surface area contributed by atoms with Crippen molar-refractivity contribution in [3.63, 3.8) is 0 Å². The third-order valence-corrected chi connectivity index (χ3v) is 5.34. The number of Topliss-reactive ketones (excluding diaryl/α,β-unsaturated/α-hetero) is 1. The Morgan fingerprint density at radius 3 is 2.57 bits per heavy atom. The van der Waals surface area contributed by atoms with Crippen LogP contribution in [-0.4, -0.2) is 22.2 Å². The molecule has 1 heterocycles. The number of rotatable bonds is 6. The molecule has 4 aromatic rings. The lowest BCUT2D eigenvalue weighted by Gasteiger charge is -2.07. The second-order valence-corrected chi connectivity index (χ2v) is 7.18. The average molecular weight is 389 g/mol. The first-order chi connectivity index (χ1) is 13.6. The number of carbonyl (C=O) groups excluding carboxylic acids is 1.